The van der Waals surface area contributed by atoms with Crippen molar-refractivity contribution in [2.45, 2.75) is 0 Å². The van der Waals surface area contributed by atoms with Crippen molar-refractivity contribution in [2.24, 2.45) is 0 Å². The minimum Gasteiger partial charge on any atom is -0.456 e. The zero-order chi connectivity index (χ0) is 23.3. The topological polar surface area (TPSA) is 89.0 Å². The van der Waals surface area contributed by atoms with Gasteiger partial charge in [0.25, 0.3) is 5.91 Å². The molecule has 34 heavy (non-hydrogen) atoms. The molecule has 3 heterocycles. The summed E-state index contributed by atoms with van der Waals surface area (Å²) in [7, 11) is 5.93. The lowest BCUT2D eigenvalue weighted by Crippen LogP contribution is -2.12. The summed E-state index contributed by atoms with van der Waals surface area (Å²) >= 11 is 0. The molecule has 2 aromatic carbocycles. The van der Waals surface area contributed by atoms with E-state index in [4.69, 9.17) is 12.6 Å². The van der Waals surface area contributed by atoms with Crippen molar-refractivity contribution < 1.29 is 9.53 Å². The molecule has 2 radical (unpaired) electrons. The Morgan fingerprint density at radius 1 is 0.824 bits per heavy atom. The second-order valence-corrected chi connectivity index (χ2v) is 7.46. The van der Waals surface area contributed by atoms with Crippen LogP contribution in [0.2, 0.25) is 0 Å². The summed E-state index contributed by atoms with van der Waals surface area (Å²) in [6, 6.07) is 21.6. The van der Waals surface area contributed by atoms with Crippen LogP contribution in [0.5, 0.6) is 11.5 Å². The van der Waals surface area contributed by atoms with Crippen molar-refractivity contribution in [1.82, 2.24) is 15.0 Å². The normalized spacial score (nSPS) is 10.6. The smallest absolute Gasteiger partial charge is 0.256 e. The van der Waals surface area contributed by atoms with Gasteiger partial charge in [-0.1, -0.05) is 17.6 Å². The van der Waals surface area contributed by atoms with Crippen LogP contribution in [0, 0.1) is 0 Å². The first-order valence-corrected chi connectivity index (χ1v) is 10.5. The molecule has 0 saturated carbocycles. The van der Waals surface area contributed by atoms with Crippen LogP contribution in [-0.2, 0) is 0 Å². The Balaban J connectivity index is 1.24. The number of carbonyl (C=O) groups is 1. The summed E-state index contributed by atoms with van der Waals surface area (Å²) in [6.45, 7) is 0. The number of benzene rings is 2. The Labute approximate surface area is 197 Å². The number of rotatable bonds is 6. The van der Waals surface area contributed by atoms with Gasteiger partial charge in [-0.25, -0.2) is 4.98 Å². The van der Waals surface area contributed by atoms with E-state index < -0.39 is 0 Å². The molecule has 0 aliphatic heterocycles. The lowest BCUT2D eigenvalue weighted by molar-refractivity contribution is 0.102. The van der Waals surface area contributed by atoms with E-state index in [1.54, 1.807) is 61.2 Å². The van der Waals surface area contributed by atoms with Gasteiger partial charge >= 0.3 is 0 Å². The standard InChI is InChI=1S/C26H18BN5O2/c27-18-3-7-23-22(15-18)24(11-14-29-23)31-19-4-1-17(2-5-19)26(33)32-25-8-6-21(16-30-25)34-20-9-12-28-13-10-20/h1-16H,(H,29,31)(H,30,32,33). The predicted molar refractivity (Wildman–Crippen MR) is 133 cm³/mol. The molecule has 0 atom stereocenters. The van der Waals surface area contributed by atoms with Crippen LogP contribution in [0.1, 0.15) is 10.4 Å². The first-order chi connectivity index (χ1) is 16.6. The number of fused-ring (bicyclic) bond motifs is 1. The lowest BCUT2D eigenvalue weighted by atomic mass is 9.94. The minimum atomic E-state index is -0.260. The van der Waals surface area contributed by atoms with E-state index >= 15 is 0 Å². The number of aromatic nitrogens is 3. The monoisotopic (exact) mass is 443 g/mol. The molecule has 8 heteroatoms. The van der Waals surface area contributed by atoms with E-state index in [9.17, 15) is 4.79 Å². The number of amides is 1. The quantitative estimate of drug-likeness (QED) is 0.373. The number of carbonyl (C=O) groups excluding carboxylic acids is 1. The molecular formula is C26H18BN5O2. The molecule has 0 saturated heterocycles. The molecule has 0 fully saturated rings. The highest BCUT2D eigenvalue weighted by Crippen LogP contribution is 2.25. The van der Waals surface area contributed by atoms with Crippen molar-refractivity contribution in [3.05, 3.63) is 103 Å². The van der Waals surface area contributed by atoms with Gasteiger partial charge in [0, 0.05) is 40.9 Å². The Hall–Kier alpha value is -4.72. The molecule has 162 valence electrons. The van der Waals surface area contributed by atoms with Crippen molar-refractivity contribution in [3.8, 4) is 11.5 Å². The molecule has 0 unspecified atom stereocenters. The van der Waals surface area contributed by atoms with Crippen molar-refractivity contribution >= 4 is 47.3 Å². The number of hydrogen-bond donors (Lipinski definition) is 2. The molecule has 3 aromatic heterocycles. The van der Waals surface area contributed by atoms with Crippen LogP contribution in [0.4, 0.5) is 17.2 Å². The highest BCUT2D eigenvalue weighted by Gasteiger charge is 2.09. The molecule has 0 bridgehead atoms. The van der Waals surface area contributed by atoms with E-state index in [2.05, 4.69) is 25.6 Å². The van der Waals surface area contributed by atoms with Gasteiger partial charge in [0.1, 0.15) is 25.2 Å². The van der Waals surface area contributed by atoms with E-state index in [-0.39, 0.29) is 5.91 Å². The number of ether oxygens (including phenoxy) is 1. The summed E-state index contributed by atoms with van der Waals surface area (Å²) in [5.41, 5.74) is 3.74. The second-order valence-electron chi connectivity index (χ2n) is 7.46. The zero-order valence-corrected chi connectivity index (χ0v) is 18.0. The number of nitrogens with zero attached hydrogens (tertiary/aromatic N) is 3. The number of hydrogen-bond acceptors (Lipinski definition) is 6. The summed E-state index contributed by atoms with van der Waals surface area (Å²) in [5, 5.41) is 7.07. The molecule has 0 spiro atoms. The number of pyridine rings is 3. The lowest BCUT2D eigenvalue weighted by Gasteiger charge is -2.11. The van der Waals surface area contributed by atoms with Gasteiger partial charge in [0.05, 0.1) is 11.7 Å². The van der Waals surface area contributed by atoms with E-state index in [0.29, 0.717) is 28.3 Å². The molecule has 0 aliphatic carbocycles. The summed E-state index contributed by atoms with van der Waals surface area (Å²) in [5.74, 6) is 1.38. The third-order valence-electron chi connectivity index (χ3n) is 5.06. The van der Waals surface area contributed by atoms with Crippen LogP contribution in [0.15, 0.2) is 97.6 Å². The summed E-state index contributed by atoms with van der Waals surface area (Å²) in [6.07, 6.45) is 6.58. The van der Waals surface area contributed by atoms with Crippen LogP contribution in [-0.4, -0.2) is 28.7 Å². The fraction of sp³-hybridized carbons (Fsp3) is 0. The Morgan fingerprint density at radius 3 is 2.41 bits per heavy atom. The number of anilines is 3. The summed E-state index contributed by atoms with van der Waals surface area (Å²) < 4.78 is 5.69. The van der Waals surface area contributed by atoms with Crippen molar-refractivity contribution in [1.29, 1.82) is 0 Å². The first-order valence-electron chi connectivity index (χ1n) is 10.5. The van der Waals surface area contributed by atoms with Crippen LogP contribution >= 0.6 is 0 Å². The van der Waals surface area contributed by atoms with Crippen molar-refractivity contribution in [2.75, 3.05) is 10.6 Å². The predicted octanol–water partition coefficient (Wildman–Crippen LogP) is 4.61. The fourth-order valence-electron chi connectivity index (χ4n) is 3.38. The third kappa shape index (κ3) is 4.86. The van der Waals surface area contributed by atoms with Gasteiger partial charge in [-0.05, 0) is 60.7 Å². The van der Waals surface area contributed by atoms with Crippen LogP contribution < -0.4 is 20.8 Å². The third-order valence-corrected chi connectivity index (χ3v) is 5.06. The van der Waals surface area contributed by atoms with Crippen molar-refractivity contribution in [3.63, 3.8) is 0 Å². The Morgan fingerprint density at radius 2 is 1.65 bits per heavy atom. The molecule has 5 aromatic rings. The first kappa shape index (κ1) is 21.1. The number of nitrogens with one attached hydrogen (secondary N) is 2. The Bertz CT molecular complexity index is 1440. The average molecular weight is 443 g/mol. The fourth-order valence-corrected chi connectivity index (χ4v) is 3.38. The summed E-state index contributed by atoms with van der Waals surface area (Å²) in [4.78, 5) is 25.2. The minimum absolute atomic E-state index is 0.260. The molecular weight excluding hydrogens is 425 g/mol. The molecule has 5 rings (SSSR count). The van der Waals surface area contributed by atoms with Gasteiger partial charge < -0.3 is 15.4 Å². The molecule has 1 amide bonds. The Kier molecular flexibility index (Phi) is 5.86. The van der Waals surface area contributed by atoms with Gasteiger partial charge in [0.2, 0.25) is 0 Å². The zero-order valence-electron chi connectivity index (χ0n) is 18.0. The second kappa shape index (κ2) is 9.42. The molecule has 0 aliphatic rings. The van der Waals surface area contributed by atoms with E-state index in [1.165, 1.54) is 0 Å². The van der Waals surface area contributed by atoms with Crippen LogP contribution in [0.25, 0.3) is 10.9 Å². The largest absolute Gasteiger partial charge is 0.456 e. The van der Waals surface area contributed by atoms with Gasteiger partial charge in [-0.3, -0.25) is 14.8 Å². The van der Waals surface area contributed by atoms with Gasteiger partial charge in [0.15, 0.2) is 0 Å². The maximum absolute atomic E-state index is 12.6. The highest BCUT2D eigenvalue weighted by atomic mass is 16.5. The molecule has 2 N–H and O–H groups in total. The highest BCUT2D eigenvalue weighted by molar-refractivity contribution is 6.33. The maximum Gasteiger partial charge on any atom is 0.256 e. The van der Waals surface area contributed by atoms with E-state index in [0.717, 1.165) is 22.3 Å². The molecule has 7 nitrogen and oxygen atoms in total. The maximum atomic E-state index is 12.6. The van der Waals surface area contributed by atoms with Gasteiger partial charge in [-0.15, -0.1) is 0 Å². The van der Waals surface area contributed by atoms with Gasteiger partial charge in [-0.2, -0.15) is 0 Å². The SMILES string of the molecule is [B]c1ccc2nccc(Nc3ccc(C(=O)Nc4ccc(Oc5ccncc5)cn4)cc3)c2c1. The van der Waals surface area contributed by atoms with Crippen LogP contribution in [0.3, 0.4) is 0 Å². The van der Waals surface area contributed by atoms with E-state index in [1.807, 2.05) is 36.4 Å². The average Bonchev–Trinajstić information content (AvgIpc) is 2.87.